The Morgan fingerprint density at radius 2 is 1.93 bits per heavy atom. The monoisotopic (exact) mass is 420 g/mol. The van der Waals surface area contributed by atoms with Crippen LogP contribution in [0, 0.1) is 0 Å². The molecule has 1 aliphatic heterocycles. The van der Waals surface area contributed by atoms with Crippen LogP contribution in [0.2, 0.25) is 0 Å². The first-order chi connectivity index (χ1) is 13.3. The van der Waals surface area contributed by atoms with Crippen molar-refractivity contribution in [2.75, 3.05) is 45.9 Å². The van der Waals surface area contributed by atoms with Gasteiger partial charge in [0.1, 0.15) is 17.1 Å². The van der Waals surface area contributed by atoms with Crippen LogP contribution in [-0.4, -0.2) is 56.0 Å². The van der Waals surface area contributed by atoms with Crippen molar-refractivity contribution >= 4 is 39.6 Å². The van der Waals surface area contributed by atoms with Crippen LogP contribution in [0.1, 0.15) is 6.92 Å². The molecule has 3 aromatic rings. The highest BCUT2D eigenvalue weighted by Crippen LogP contribution is 2.37. The average molecular weight is 421 g/mol. The summed E-state index contributed by atoms with van der Waals surface area (Å²) < 4.78 is 7.73. The van der Waals surface area contributed by atoms with Gasteiger partial charge in [-0.2, -0.15) is 4.98 Å². The van der Waals surface area contributed by atoms with E-state index in [-0.39, 0.29) is 19.0 Å². The van der Waals surface area contributed by atoms with Crippen molar-refractivity contribution in [3.05, 3.63) is 41.8 Å². The molecule has 28 heavy (non-hydrogen) atoms. The SMILES string of the molecule is CC[N+]1(c2nc(-c3ccc(OCCO)cc3)cc3ccsc23)CCNCC1.Cl. The normalized spacial score (nSPS) is 15.9. The van der Waals surface area contributed by atoms with E-state index in [1.807, 2.05) is 24.3 Å². The largest absolute Gasteiger partial charge is 0.491 e. The first-order valence-electron chi connectivity index (χ1n) is 9.55. The van der Waals surface area contributed by atoms with Crippen LogP contribution in [-0.2, 0) is 0 Å². The number of aliphatic hydroxyl groups is 1. The van der Waals surface area contributed by atoms with Crippen molar-refractivity contribution in [2.45, 2.75) is 6.92 Å². The Balaban J connectivity index is 0.00000225. The molecule has 0 amide bonds. The molecule has 1 aliphatic rings. The fraction of sp³-hybridized carbons (Fsp3) is 0.381. The number of likely N-dealkylation sites (N-methyl/N-ethyl adjacent to an activating group) is 1. The second-order valence-corrected chi connectivity index (χ2v) is 7.84. The minimum atomic E-state index is 0. The molecule has 0 radical (unpaired) electrons. The van der Waals surface area contributed by atoms with Crippen LogP contribution in [0.25, 0.3) is 21.3 Å². The summed E-state index contributed by atoms with van der Waals surface area (Å²) in [5, 5.41) is 15.8. The lowest BCUT2D eigenvalue weighted by Crippen LogP contribution is -2.60. The minimum Gasteiger partial charge on any atom is -0.491 e. The van der Waals surface area contributed by atoms with Crippen molar-refractivity contribution in [2.24, 2.45) is 0 Å². The maximum Gasteiger partial charge on any atom is 0.246 e. The molecule has 0 bridgehead atoms. The Kier molecular flexibility index (Phi) is 6.91. The first kappa shape index (κ1) is 21.0. The number of nitrogens with one attached hydrogen (secondary N) is 1. The number of piperazine rings is 1. The lowest BCUT2D eigenvalue weighted by molar-refractivity contribution is 0.201. The van der Waals surface area contributed by atoms with E-state index in [0.717, 1.165) is 54.2 Å². The topological polar surface area (TPSA) is 54.4 Å². The summed E-state index contributed by atoms with van der Waals surface area (Å²) in [5.74, 6) is 1.98. The van der Waals surface area contributed by atoms with Crippen LogP contribution in [0.15, 0.2) is 41.8 Å². The number of aliphatic hydroxyl groups excluding tert-OH is 1. The highest BCUT2D eigenvalue weighted by Gasteiger charge is 2.34. The second-order valence-electron chi connectivity index (χ2n) is 6.93. The number of thiophene rings is 1. The molecule has 1 aromatic carbocycles. The van der Waals surface area contributed by atoms with Gasteiger partial charge in [0.15, 0.2) is 0 Å². The van der Waals surface area contributed by atoms with Gasteiger partial charge in [0.25, 0.3) is 0 Å². The molecular formula is C21H27ClN3O2S+. The number of nitrogens with zero attached hydrogens (tertiary/aromatic N) is 2. The van der Waals surface area contributed by atoms with Gasteiger partial charge >= 0.3 is 0 Å². The molecule has 1 fully saturated rings. The molecule has 7 heteroatoms. The van der Waals surface area contributed by atoms with Crippen LogP contribution in [0.4, 0.5) is 5.82 Å². The van der Waals surface area contributed by atoms with E-state index in [4.69, 9.17) is 14.8 Å². The van der Waals surface area contributed by atoms with Gasteiger partial charge in [-0.25, -0.2) is 0 Å². The zero-order valence-corrected chi connectivity index (χ0v) is 17.7. The number of hydrogen-bond donors (Lipinski definition) is 2. The molecule has 0 spiro atoms. The molecule has 0 atom stereocenters. The summed E-state index contributed by atoms with van der Waals surface area (Å²) in [6.45, 7) is 7.88. The fourth-order valence-corrected chi connectivity index (χ4v) is 4.77. The Bertz CT molecular complexity index is 908. The molecule has 2 aromatic heterocycles. The summed E-state index contributed by atoms with van der Waals surface area (Å²) in [4.78, 5) is 5.18. The fourth-order valence-electron chi connectivity index (χ4n) is 3.81. The number of halogens is 1. The van der Waals surface area contributed by atoms with E-state index < -0.39 is 0 Å². The quantitative estimate of drug-likeness (QED) is 0.597. The van der Waals surface area contributed by atoms with Crippen molar-refractivity contribution in [3.63, 3.8) is 0 Å². The van der Waals surface area contributed by atoms with E-state index in [9.17, 15) is 0 Å². The van der Waals surface area contributed by atoms with Gasteiger partial charge in [-0.1, -0.05) is 0 Å². The third-order valence-electron chi connectivity index (χ3n) is 5.42. The van der Waals surface area contributed by atoms with Crippen molar-refractivity contribution < 1.29 is 9.84 Å². The average Bonchev–Trinajstić information content (AvgIpc) is 3.21. The highest BCUT2D eigenvalue weighted by atomic mass is 35.5. The molecule has 3 heterocycles. The Morgan fingerprint density at radius 1 is 1.18 bits per heavy atom. The Labute approximate surface area is 176 Å². The third-order valence-corrected chi connectivity index (χ3v) is 6.34. The highest BCUT2D eigenvalue weighted by molar-refractivity contribution is 7.17. The smallest absolute Gasteiger partial charge is 0.246 e. The number of rotatable bonds is 6. The standard InChI is InChI=1S/C21H26N3O2S.ClH/c1-2-24(10-8-22-9-11-24)21-20-17(7-14-27-20)15-19(23-21)16-3-5-18(6-4-16)26-13-12-25;/h3-7,14-15,22,25H,2,8-13H2,1H3;1H/q+1;. The van der Waals surface area contributed by atoms with Crippen LogP contribution in [0.3, 0.4) is 0 Å². The van der Waals surface area contributed by atoms with E-state index >= 15 is 0 Å². The molecule has 0 unspecified atom stereocenters. The molecule has 150 valence electrons. The summed E-state index contributed by atoms with van der Waals surface area (Å²) in [5.41, 5.74) is 2.10. The lowest BCUT2D eigenvalue weighted by atomic mass is 10.1. The van der Waals surface area contributed by atoms with E-state index in [1.165, 1.54) is 15.9 Å². The van der Waals surface area contributed by atoms with Gasteiger partial charge in [0.2, 0.25) is 5.82 Å². The number of quaternary nitrogens is 1. The maximum atomic E-state index is 8.90. The third kappa shape index (κ3) is 4.02. The van der Waals surface area contributed by atoms with Crippen LogP contribution < -0.4 is 14.5 Å². The van der Waals surface area contributed by atoms with Gasteiger partial charge in [-0.15, -0.1) is 23.7 Å². The molecule has 0 aliphatic carbocycles. The Morgan fingerprint density at radius 3 is 2.61 bits per heavy atom. The number of ether oxygens (including phenoxy) is 1. The summed E-state index contributed by atoms with van der Waals surface area (Å²) in [6, 6.07) is 12.4. The van der Waals surface area contributed by atoms with Crippen molar-refractivity contribution in [1.29, 1.82) is 0 Å². The maximum absolute atomic E-state index is 8.90. The summed E-state index contributed by atoms with van der Waals surface area (Å²) >= 11 is 1.79. The molecule has 1 saturated heterocycles. The van der Waals surface area contributed by atoms with Gasteiger partial charge < -0.3 is 15.2 Å². The van der Waals surface area contributed by atoms with Crippen molar-refractivity contribution in [3.8, 4) is 17.0 Å². The number of benzene rings is 1. The van der Waals surface area contributed by atoms with Crippen molar-refractivity contribution in [1.82, 2.24) is 14.8 Å². The van der Waals surface area contributed by atoms with Gasteiger partial charge in [0.05, 0.1) is 31.9 Å². The molecule has 4 rings (SSSR count). The predicted octanol–water partition coefficient (Wildman–Crippen LogP) is 3.69. The van der Waals surface area contributed by atoms with E-state index in [1.54, 1.807) is 11.3 Å². The minimum absolute atomic E-state index is 0. The number of aromatic nitrogens is 1. The number of fused-ring (bicyclic) bond motifs is 1. The molecule has 5 nitrogen and oxygen atoms in total. The zero-order chi connectivity index (χ0) is 18.7. The molecule has 2 N–H and O–H groups in total. The summed E-state index contributed by atoms with van der Waals surface area (Å²) in [7, 11) is 0. The number of pyridine rings is 1. The number of hydrogen-bond acceptors (Lipinski definition) is 5. The summed E-state index contributed by atoms with van der Waals surface area (Å²) in [6.07, 6.45) is 0. The van der Waals surface area contributed by atoms with Gasteiger partial charge in [-0.3, -0.25) is 4.48 Å². The molecule has 0 saturated carbocycles. The first-order valence-corrected chi connectivity index (χ1v) is 10.4. The van der Waals surface area contributed by atoms with Gasteiger partial charge in [0, 0.05) is 24.0 Å². The van der Waals surface area contributed by atoms with E-state index in [2.05, 4.69) is 29.8 Å². The zero-order valence-electron chi connectivity index (χ0n) is 16.1. The lowest BCUT2D eigenvalue weighted by Gasteiger charge is -2.39. The van der Waals surface area contributed by atoms with Crippen LogP contribution >= 0.6 is 23.7 Å². The van der Waals surface area contributed by atoms with E-state index in [0.29, 0.717) is 6.61 Å². The Hall–Kier alpha value is -1.70. The van der Waals surface area contributed by atoms with Gasteiger partial charge in [-0.05, 0) is 48.7 Å². The molecular weight excluding hydrogens is 394 g/mol. The van der Waals surface area contributed by atoms with Crippen LogP contribution in [0.5, 0.6) is 5.75 Å². The second kappa shape index (κ2) is 9.20. The predicted molar refractivity (Wildman–Crippen MR) is 120 cm³/mol.